The van der Waals surface area contributed by atoms with E-state index < -0.39 is 0 Å². The quantitative estimate of drug-likeness (QED) is 0.748. The molecule has 0 radical (unpaired) electrons. The summed E-state index contributed by atoms with van der Waals surface area (Å²) in [6.07, 6.45) is 5.37. The van der Waals surface area contributed by atoms with Crippen molar-refractivity contribution in [2.45, 2.75) is 25.7 Å². The molecule has 25 heavy (non-hydrogen) atoms. The standard InChI is InChI=1S/C17H14N6OS/c1-9-21-15-14(10-2-3-10)13(8-20-16(15)25-9)23-17(24)22-11-4-5-19-12(6-11)7-18/h4-6,8,10H,2-3H2,1H3,(H2,19,22,23,24). The van der Waals surface area contributed by atoms with E-state index in [-0.39, 0.29) is 11.7 Å². The van der Waals surface area contributed by atoms with Crippen LogP contribution in [0.5, 0.6) is 0 Å². The first kappa shape index (κ1) is 15.5. The van der Waals surface area contributed by atoms with Gasteiger partial charge < -0.3 is 10.6 Å². The molecule has 0 saturated heterocycles. The van der Waals surface area contributed by atoms with E-state index >= 15 is 0 Å². The Kier molecular flexibility index (Phi) is 3.78. The summed E-state index contributed by atoms with van der Waals surface area (Å²) in [5.74, 6) is 0.424. The number of anilines is 2. The number of nitrogens with one attached hydrogen (secondary N) is 2. The maximum Gasteiger partial charge on any atom is 0.323 e. The van der Waals surface area contributed by atoms with Crippen LogP contribution in [0.2, 0.25) is 0 Å². The van der Waals surface area contributed by atoms with E-state index in [9.17, 15) is 4.79 Å². The third kappa shape index (κ3) is 3.14. The van der Waals surface area contributed by atoms with E-state index in [4.69, 9.17) is 5.26 Å². The Morgan fingerprint density at radius 2 is 2.20 bits per heavy atom. The van der Waals surface area contributed by atoms with Crippen molar-refractivity contribution < 1.29 is 4.79 Å². The van der Waals surface area contributed by atoms with Crippen molar-refractivity contribution in [3.05, 3.63) is 40.8 Å². The van der Waals surface area contributed by atoms with Crippen LogP contribution in [-0.2, 0) is 0 Å². The monoisotopic (exact) mass is 350 g/mol. The first-order valence-electron chi connectivity index (χ1n) is 7.84. The van der Waals surface area contributed by atoms with Gasteiger partial charge in [-0.15, -0.1) is 0 Å². The molecular formula is C17H14N6OS. The molecule has 3 heterocycles. The molecule has 0 atom stereocenters. The number of amides is 2. The number of nitrogens with zero attached hydrogens (tertiary/aromatic N) is 4. The minimum atomic E-state index is -0.384. The van der Waals surface area contributed by atoms with Gasteiger partial charge in [-0.3, -0.25) is 0 Å². The van der Waals surface area contributed by atoms with Gasteiger partial charge in [-0.05, 0) is 37.8 Å². The maximum absolute atomic E-state index is 12.3. The second-order valence-corrected chi connectivity index (χ2v) is 7.05. The molecule has 1 aliphatic rings. The third-order valence-electron chi connectivity index (χ3n) is 3.94. The largest absolute Gasteiger partial charge is 0.323 e. The number of hydrogen-bond donors (Lipinski definition) is 2. The zero-order chi connectivity index (χ0) is 17.4. The molecule has 1 aliphatic carbocycles. The summed E-state index contributed by atoms with van der Waals surface area (Å²) in [6, 6.07) is 4.71. The van der Waals surface area contributed by atoms with E-state index in [0.717, 1.165) is 33.8 Å². The molecule has 3 aromatic rings. The zero-order valence-corrected chi connectivity index (χ0v) is 14.2. The van der Waals surface area contributed by atoms with Crippen LogP contribution in [0.3, 0.4) is 0 Å². The Bertz CT molecular complexity index is 1020. The normalized spacial score (nSPS) is 13.4. The van der Waals surface area contributed by atoms with Crippen LogP contribution in [0.4, 0.5) is 16.2 Å². The van der Waals surface area contributed by atoms with Crippen LogP contribution in [0.15, 0.2) is 24.5 Å². The average Bonchev–Trinajstić information content (AvgIpc) is 3.35. The van der Waals surface area contributed by atoms with Gasteiger partial charge in [0.15, 0.2) is 0 Å². The van der Waals surface area contributed by atoms with Crippen LogP contribution in [0, 0.1) is 18.3 Å². The van der Waals surface area contributed by atoms with E-state index in [2.05, 4.69) is 25.6 Å². The van der Waals surface area contributed by atoms with Crippen LogP contribution in [0.1, 0.15) is 35.0 Å². The van der Waals surface area contributed by atoms with Crippen molar-refractivity contribution in [2.75, 3.05) is 10.6 Å². The molecule has 0 spiro atoms. The Hall–Kier alpha value is -3.05. The lowest BCUT2D eigenvalue weighted by Crippen LogP contribution is -2.20. The number of hydrogen-bond acceptors (Lipinski definition) is 6. The lowest BCUT2D eigenvalue weighted by atomic mass is 10.1. The minimum Gasteiger partial charge on any atom is -0.308 e. The van der Waals surface area contributed by atoms with Crippen LogP contribution in [0.25, 0.3) is 10.3 Å². The fourth-order valence-electron chi connectivity index (χ4n) is 2.74. The molecule has 0 bridgehead atoms. The van der Waals surface area contributed by atoms with E-state index in [0.29, 0.717) is 17.3 Å². The van der Waals surface area contributed by atoms with Crippen molar-refractivity contribution in [1.29, 1.82) is 5.26 Å². The summed E-state index contributed by atoms with van der Waals surface area (Å²) in [6.45, 7) is 1.96. The summed E-state index contributed by atoms with van der Waals surface area (Å²) in [5, 5.41) is 15.4. The second-order valence-electron chi connectivity index (χ2n) is 5.87. The van der Waals surface area contributed by atoms with Gasteiger partial charge in [0.1, 0.15) is 22.1 Å². The first-order chi connectivity index (χ1) is 12.1. The molecule has 2 N–H and O–H groups in total. The molecule has 4 rings (SSSR count). The highest BCUT2D eigenvalue weighted by Gasteiger charge is 2.30. The molecule has 0 unspecified atom stereocenters. The number of nitriles is 1. The minimum absolute atomic E-state index is 0.248. The molecular weight excluding hydrogens is 336 g/mol. The smallest absolute Gasteiger partial charge is 0.308 e. The summed E-state index contributed by atoms with van der Waals surface area (Å²) in [7, 11) is 0. The lowest BCUT2D eigenvalue weighted by molar-refractivity contribution is 0.262. The number of aromatic nitrogens is 3. The van der Waals surface area contributed by atoms with Crippen LogP contribution < -0.4 is 10.6 Å². The van der Waals surface area contributed by atoms with E-state index in [1.54, 1.807) is 23.6 Å². The SMILES string of the molecule is Cc1nc2c(C3CC3)c(NC(=O)Nc3ccnc(C#N)c3)cnc2s1. The van der Waals surface area contributed by atoms with Gasteiger partial charge in [-0.25, -0.2) is 19.7 Å². The zero-order valence-electron chi connectivity index (χ0n) is 13.4. The molecule has 1 saturated carbocycles. The van der Waals surface area contributed by atoms with Crippen molar-refractivity contribution >= 4 is 39.1 Å². The fourth-order valence-corrected chi connectivity index (χ4v) is 3.51. The number of thiazole rings is 1. The molecule has 1 fully saturated rings. The predicted molar refractivity (Wildman–Crippen MR) is 95.7 cm³/mol. The van der Waals surface area contributed by atoms with Crippen molar-refractivity contribution in [3.63, 3.8) is 0 Å². The van der Waals surface area contributed by atoms with Gasteiger partial charge >= 0.3 is 6.03 Å². The summed E-state index contributed by atoms with van der Waals surface area (Å²) in [5.41, 5.74) is 3.40. The number of rotatable bonds is 3. The Balaban J connectivity index is 1.60. The fraction of sp³-hybridized carbons (Fsp3) is 0.235. The number of fused-ring (bicyclic) bond motifs is 1. The van der Waals surface area contributed by atoms with E-state index in [1.807, 2.05) is 13.0 Å². The van der Waals surface area contributed by atoms with Gasteiger partial charge in [-0.2, -0.15) is 5.26 Å². The predicted octanol–water partition coefficient (Wildman–Crippen LogP) is 3.79. The van der Waals surface area contributed by atoms with Gasteiger partial charge in [0.2, 0.25) is 0 Å². The average molecular weight is 350 g/mol. The first-order valence-corrected chi connectivity index (χ1v) is 8.66. The van der Waals surface area contributed by atoms with Crippen molar-refractivity contribution in [1.82, 2.24) is 15.0 Å². The Morgan fingerprint density at radius 3 is 2.96 bits per heavy atom. The third-order valence-corrected chi connectivity index (χ3v) is 4.82. The number of urea groups is 1. The number of carbonyl (C=O) groups is 1. The van der Waals surface area contributed by atoms with Gasteiger partial charge in [0.25, 0.3) is 0 Å². The molecule has 8 heteroatoms. The van der Waals surface area contributed by atoms with Gasteiger partial charge in [0.05, 0.1) is 16.9 Å². The van der Waals surface area contributed by atoms with Crippen LogP contribution >= 0.6 is 11.3 Å². The van der Waals surface area contributed by atoms with Crippen molar-refractivity contribution in [3.8, 4) is 6.07 Å². The van der Waals surface area contributed by atoms with Crippen molar-refractivity contribution in [2.24, 2.45) is 0 Å². The van der Waals surface area contributed by atoms with Gasteiger partial charge in [0, 0.05) is 17.4 Å². The highest BCUT2D eigenvalue weighted by atomic mass is 32.1. The molecule has 0 aromatic carbocycles. The number of carbonyl (C=O) groups excluding carboxylic acids is 1. The highest BCUT2D eigenvalue weighted by Crippen LogP contribution is 2.46. The molecule has 2 amide bonds. The number of pyridine rings is 2. The maximum atomic E-state index is 12.3. The molecule has 3 aromatic heterocycles. The summed E-state index contributed by atoms with van der Waals surface area (Å²) < 4.78 is 0. The molecule has 0 aliphatic heterocycles. The Morgan fingerprint density at radius 1 is 1.36 bits per heavy atom. The van der Waals surface area contributed by atoms with Gasteiger partial charge in [-0.1, -0.05) is 11.3 Å². The highest BCUT2D eigenvalue weighted by molar-refractivity contribution is 7.18. The second kappa shape index (κ2) is 6.11. The summed E-state index contributed by atoms with van der Waals surface area (Å²) in [4.78, 5) is 26.1. The Labute approximate surface area is 147 Å². The molecule has 7 nitrogen and oxygen atoms in total. The number of aryl methyl sites for hydroxylation is 1. The summed E-state index contributed by atoms with van der Waals surface area (Å²) >= 11 is 1.56. The molecule has 124 valence electrons. The van der Waals surface area contributed by atoms with Crippen LogP contribution in [-0.4, -0.2) is 21.0 Å². The van der Waals surface area contributed by atoms with E-state index in [1.165, 1.54) is 12.3 Å². The topological polar surface area (TPSA) is 104 Å². The lowest BCUT2D eigenvalue weighted by Gasteiger charge is -2.11.